The van der Waals surface area contributed by atoms with Gasteiger partial charge in [0.25, 0.3) is 0 Å². The van der Waals surface area contributed by atoms with Gasteiger partial charge in [0.2, 0.25) is 0 Å². The first kappa shape index (κ1) is 37.3. The van der Waals surface area contributed by atoms with Crippen molar-refractivity contribution >= 4 is 60.5 Å². The summed E-state index contributed by atoms with van der Waals surface area (Å²) in [5, 5.41) is 7.15. The third kappa shape index (κ3) is 6.61. The van der Waals surface area contributed by atoms with Gasteiger partial charge in [-0.15, -0.1) is 0 Å². The summed E-state index contributed by atoms with van der Waals surface area (Å²) >= 11 is 0. The van der Waals surface area contributed by atoms with E-state index in [2.05, 4.69) is 241 Å². The molecule has 1 heterocycles. The van der Waals surface area contributed by atoms with E-state index in [0.717, 1.165) is 66.8 Å². The van der Waals surface area contributed by atoms with E-state index in [1.807, 2.05) is 12.1 Å². The van der Waals surface area contributed by atoms with E-state index >= 15 is 0 Å². The Labute approximate surface area is 372 Å². The fourth-order valence-corrected chi connectivity index (χ4v) is 9.57. The van der Waals surface area contributed by atoms with Crippen molar-refractivity contribution in [1.82, 2.24) is 0 Å². The number of fused-ring (bicyclic) bond motifs is 6. The van der Waals surface area contributed by atoms with Crippen LogP contribution in [-0.2, 0) is 0 Å². The highest BCUT2D eigenvalue weighted by molar-refractivity contribution is 6.14. The minimum atomic E-state index is 0.869. The van der Waals surface area contributed by atoms with Gasteiger partial charge in [-0.1, -0.05) is 194 Å². The van der Waals surface area contributed by atoms with Gasteiger partial charge in [0.15, 0.2) is 0 Å². The standard InChI is InChI=1S/C62H41NO/c1-4-16-43(17-5-1)52-35-30-46(38-57(52)45-20-8-3-9-21-45)42-28-32-49(33-29-42)63(50-34-37-62-59(41-50)56-26-14-15-27-61(56)64-62)60-40-48(31-36-53(60)44-18-6-2-7-19-44)58-39-47-22-10-11-23-51(47)54-24-12-13-25-55(54)58/h1-41H. The predicted molar refractivity (Wildman–Crippen MR) is 271 cm³/mol. The summed E-state index contributed by atoms with van der Waals surface area (Å²) < 4.78 is 6.37. The van der Waals surface area contributed by atoms with Gasteiger partial charge in [0, 0.05) is 27.7 Å². The second-order valence-electron chi connectivity index (χ2n) is 16.4. The quantitative estimate of drug-likeness (QED) is 0.142. The molecule has 0 saturated carbocycles. The van der Waals surface area contributed by atoms with Crippen molar-refractivity contribution in [1.29, 1.82) is 0 Å². The Morgan fingerprint density at radius 1 is 0.250 bits per heavy atom. The van der Waals surface area contributed by atoms with Crippen LogP contribution in [0.3, 0.4) is 0 Å². The topological polar surface area (TPSA) is 16.4 Å². The smallest absolute Gasteiger partial charge is 0.135 e. The maximum absolute atomic E-state index is 6.37. The van der Waals surface area contributed by atoms with Crippen LogP contribution in [0, 0.1) is 0 Å². The SMILES string of the molecule is c1ccc(-c2ccc(-c3ccc(N(c4ccc5oc6ccccc6c5c4)c4cc(-c5cc6ccccc6c6ccccc56)ccc4-c4ccccc4)cc3)cc2-c2ccccc2)cc1. The van der Waals surface area contributed by atoms with Crippen LogP contribution in [0.2, 0.25) is 0 Å². The molecule has 2 heteroatoms. The average Bonchev–Trinajstić information content (AvgIpc) is 3.75. The number of hydrogen-bond donors (Lipinski definition) is 0. The third-order valence-corrected chi connectivity index (χ3v) is 12.7. The molecule has 12 aromatic rings. The van der Waals surface area contributed by atoms with Gasteiger partial charge in [0.1, 0.15) is 11.2 Å². The van der Waals surface area contributed by atoms with E-state index in [4.69, 9.17) is 4.42 Å². The maximum atomic E-state index is 6.37. The first-order chi connectivity index (χ1) is 31.7. The number of rotatable bonds is 8. The summed E-state index contributed by atoms with van der Waals surface area (Å²) in [6.07, 6.45) is 0. The van der Waals surface area contributed by atoms with Gasteiger partial charge in [-0.2, -0.15) is 0 Å². The highest BCUT2D eigenvalue weighted by atomic mass is 16.3. The average molecular weight is 816 g/mol. The monoisotopic (exact) mass is 815 g/mol. The Hall–Kier alpha value is -8.46. The zero-order valence-corrected chi connectivity index (χ0v) is 35.0. The Morgan fingerprint density at radius 3 is 1.52 bits per heavy atom. The lowest BCUT2D eigenvalue weighted by atomic mass is 9.91. The van der Waals surface area contributed by atoms with Crippen LogP contribution >= 0.6 is 0 Å². The number of benzene rings is 11. The normalized spacial score (nSPS) is 11.4. The molecule has 0 aliphatic heterocycles. The molecular weight excluding hydrogens is 775 g/mol. The molecule has 0 bridgehead atoms. The molecule has 0 aliphatic carbocycles. The molecule has 0 fully saturated rings. The van der Waals surface area contributed by atoms with E-state index < -0.39 is 0 Å². The second-order valence-corrected chi connectivity index (χ2v) is 16.4. The Bertz CT molecular complexity index is 3650. The highest BCUT2D eigenvalue weighted by Crippen LogP contribution is 2.46. The number of hydrogen-bond acceptors (Lipinski definition) is 2. The van der Waals surface area contributed by atoms with Gasteiger partial charge in [0.05, 0.1) is 5.69 Å². The first-order valence-electron chi connectivity index (χ1n) is 21.9. The van der Waals surface area contributed by atoms with Crippen molar-refractivity contribution < 1.29 is 4.42 Å². The Morgan fingerprint density at radius 2 is 0.781 bits per heavy atom. The van der Waals surface area contributed by atoms with E-state index in [0.29, 0.717) is 0 Å². The lowest BCUT2D eigenvalue weighted by Gasteiger charge is -2.29. The molecule has 0 aliphatic rings. The van der Waals surface area contributed by atoms with Crippen molar-refractivity contribution in [2.75, 3.05) is 4.90 Å². The summed E-state index contributed by atoms with van der Waals surface area (Å²) in [5.41, 5.74) is 16.7. The molecule has 0 atom stereocenters. The minimum absolute atomic E-state index is 0.869. The van der Waals surface area contributed by atoms with Crippen LogP contribution in [0.5, 0.6) is 0 Å². The Balaban J connectivity index is 1.06. The molecule has 0 amide bonds. The highest BCUT2D eigenvalue weighted by Gasteiger charge is 2.21. The molecule has 11 aromatic carbocycles. The molecule has 1 aromatic heterocycles. The van der Waals surface area contributed by atoms with Crippen LogP contribution < -0.4 is 4.90 Å². The zero-order valence-electron chi connectivity index (χ0n) is 35.0. The van der Waals surface area contributed by atoms with E-state index in [1.165, 1.54) is 49.4 Å². The van der Waals surface area contributed by atoms with Crippen LogP contribution in [0.25, 0.3) is 99.1 Å². The van der Waals surface area contributed by atoms with E-state index in [1.54, 1.807) is 0 Å². The summed E-state index contributed by atoms with van der Waals surface area (Å²) in [6, 6.07) is 89.8. The van der Waals surface area contributed by atoms with Crippen molar-refractivity contribution in [3.8, 4) is 55.6 Å². The van der Waals surface area contributed by atoms with E-state index in [9.17, 15) is 0 Å². The fourth-order valence-electron chi connectivity index (χ4n) is 9.57. The van der Waals surface area contributed by atoms with Crippen LogP contribution in [0.1, 0.15) is 0 Å². The van der Waals surface area contributed by atoms with Crippen molar-refractivity contribution in [3.63, 3.8) is 0 Å². The molecule has 12 rings (SSSR count). The largest absolute Gasteiger partial charge is 0.456 e. The maximum Gasteiger partial charge on any atom is 0.135 e. The molecule has 0 saturated heterocycles. The van der Waals surface area contributed by atoms with Gasteiger partial charge >= 0.3 is 0 Å². The Kier molecular flexibility index (Phi) is 9.20. The zero-order chi connectivity index (χ0) is 42.4. The van der Waals surface area contributed by atoms with Crippen molar-refractivity contribution in [2.24, 2.45) is 0 Å². The lowest BCUT2D eigenvalue weighted by Crippen LogP contribution is -2.11. The van der Waals surface area contributed by atoms with Crippen LogP contribution in [-0.4, -0.2) is 0 Å². The van der Waals surface area contributed by atoms with Crippen LogP contribution in [0.15, 0.2) is 253 Å². The summed E-state index contributed by atoms with van der Waals surface area (Å²) in [6.45, 7) is 0. The van der Waals surface area contributed by atoms with Gasteiger partial charge < -0.3 is 9.32 Å². The summed E-state index contributed by atoms with van der Waals surface area (Å²) in [4.78, 5) is 2.42. The lowest BCUT2D eigenvalue weighted by molar-refractivity contribution is 0.669. The third-order valence-electron chi connectivity index (χ3n) is 12.7. The number of para-hydroxylation sites is 1. The van der Waals surface area contributed by atoms with Gasteiger partial charge in [-0.3, -0.25) is 0 Å². The summed E-state index contributed by atoms with van der Waals surface area (Å²) in [7, 11) is 0. The number of furan rings is 1. The molecule has 0 unspecified atom stereocenters. The predicted octanol–water partition coefficient (Wildman–Crippen LogP) is 17.7. The molecule has 2 nitrogen and oxygen atoms in total. The molecule has 0 N–H and O–H groups in total. The molecule has 64 heavy (non-hydrogen) atoms. The second kappa shape index (κ2) is 15.8. The number of anilines is 3. The van der Waals surface area contributed by atoms with Crippen molar-refractivity contribution in [3.05, 3.63) is 249 Å². The van der Waals surface area contributed by atoms with Crippen molar-refractivity contribution in [2.45, 2.75) is 0 Å². The summed E-state index contributed by atoms with van der Waals surface area (Å²) in [5.74, 6) is 0. The molecule has 300 valence electrons. The minimum Gasteiger partial charge on any atom is -0.456 e. The molecule has 0 radical (unpaired) electrons. The van der Waals surface area contributed by atoms with E-state index in [-0.39, 0.29) is 0 Å². The molecular formula is C62H41NO. The van der Waals surface area contributed by atoms with Gasteiger partial charge in [-0.25, -0.2) is 0 Å². The number of nitrogens with zero attached hydrogens (tertiary/aromatic N) is 1. The first-order valence-corrected chi connectivity index (χ1v) is 21.9. The molecule has 0 spiro atoms. The fraction of sp³-hybridized carbons (Fsp3) is 0. The van der Waals surface area contributed by atoms with Crippen LogP contribution in [0.4, 0.5) is 17.1 Å². The van der Waals surface area contributed by atoms with Gasteiger partial charge in [-0.05, 0) is 126 Å².